The number of rotatable bonds is 6. The monoisotopic (exact) mass is 293 g/mol. The molecule has 0 radical (unpaired) electrons. The highest BCUT2D eigenvalue weighted by atomic mass is 15.1. The van der Waals surface area contributed by atoms with Crippen molar-refractivity contribution in [3.8, 4) is 0 Å². The summed E-state index contributed by atoms with van der Waals surface area (Å²) >= 11 is 0. The highest BCUT2D eigenvalue weighted by Gasteiger charge is 2.20. The Morgan fingerprint density at radius 2 is 1.32 bits per heavy atom. The van der Waals surface area contributed by atoms with Gasteiger partial charge in [0.25, 0.3) is 0 Å². The van der Waals surface area contributed by atoms with Crippen molar-refractivity contribution in [1.82, 2.24) is 4.90 Å². The Bertz CT molecular complexity index is 528. The van der Waals surface area contributed by atoms with Gasteiger partial charge in [0.1, 0.15) is 0 Å². The van der Waals surface area contributed by atoms with Crippen molar-refractivity contribution in [1.29, 1.82) is 0 Å². The molecule has 22 heavy (non-hydrogen) atoms. The van der Waals surface area contributed by atoms with Crippen LogP contribution in [0.2, 0.25) is 0 Å². The Morgan fingerprint density at radius 1 is 0.727 bits per heavy atom. The van der Waals surface area contributed by atoms with Gasteiger partial charge in [-0.15, -0.1) is 0 Å². The van der Waals surface area contributed by atoms with Crippen LogP contribution in [0.3, 0.4) is 0 Å². The van der Waals surface area contributed by atoms with E-state index in [4.69, 9.17) is 0 Å². The van der Waals surface area contributed by atoms with Gasteiger partial charge in [0.15, 0.2) is 0 Å². The molecule has 0 heterocycles. The van der Waals surface area contributed by atoms with Crippen molar-refractivity contribution >= 4 is 0 Å². The quantitative estimate of drug-likeness (QED) is 0.719. The lowest BCUT2D eigenvalue weighted by Crippen LogP contribution is -2.37. The first-order valence-corrected chi connectivity index (χ1v) is 8.74. The fourth-order valence-electron chi connectivity index (χ4n) is 3.57. The summed E-state index contributed by atoms with van der Waals surface area (Å²) in [7, 11) is 0. The second kappa shape index (κ2) is 8.14. The fourth-order valence-corrected chi connectivity index (χ4v) is 3.57. The summed E-state index contributed by atoms with van der Waals surface area (Å²) in [5.41, 5.74) is 2.90. The smallest absolute Gasteiger partial charge is 0.0236 e. The minimum absolute atomic E-state index is 0.776. The van der Waals surface area contributed by atoms with Crippen LogP contribution in [-0.2, 0) is 13.0 Å². The van der Waals surface area contributed by atoms with E-state index in [0.717, 1.165) is 19.0 Å². The van der Waals surface area contributed by atoms with Crippen LogP contribution in [0, 0.1) is 0 Å². The van der Waals surface area contributed by atoms with Gasteiger partial charge in [-0.05, 0) is 30.4 Å². The summed E-state index contributed by atoms with van der Waals surface area (Å²) in [5.74, 6) is 0. The van der Waals surface area contributed by atoms with Crippen LogP contribution in [0.1, 0.15) is 43.2 Å². The Balaban J connectivity index is 1.65. The standard InChI is InChI=1S/C21H27N/c1-4-10-19(11-5-1)16-17-22(21-14-8-3-9-15-21)18-20-12-6-2-7-13-20/h1-2,4-7,10-13,21H,3,8-9,14-18H2. The van der Waals surface area contributed by atoms with Crippen molar-refractivity contribution in [3.05, 3.63) is 71.8 Å². The fraction of sp³-hybridized carbons (Fsp3) is 0.429. The van der Waals surface area contributed by atoms with Crippen molar-refractivity contribution in [2.24, 2.45) is 0 Å². The number of hydrogen-bond acceptors (Lipinski definition) is 1. The molecule has 0 aliphatic heterocycles. The molecule has 2 aromatic rings. The van der Waals surface area contributed by atoms with Gasteiger partial charge in [0.05, 0.1) is 0 Å². The first kappa shape index (κ1) is 15.3. The van der Waals surface area contributed by atoms with Crippen LogP contribution >= 0.6 is 0 Å². The van der Waals surface area contributed by atoms with Gasteiger partial charge >= 0.3 is 0 Å². The molecule has 0 unspecified atom stereocenters. The third-order valence-corrected chi connectivity index (χ3v) is 4.85. The van der Waals surface area contributed by atoms with Crippen molar-refractivity contribution in [3.63, 3.8) is 0 Å². The van der Waals surface area contributed by atoms with E-state index in [2.05, 4.69) is 65.6 Å². The molecule has 1 aliphatic rings. The molecule has 1 nitrogen and oxygen atoms in total. The maximum atomic E-state index is 2.72. The molecule has 1 aliphatic carbocycles. The van der Waals surface area contributed by atoms with E-state index in [1.807, 2.05) is 0 Å². The van der Waals surface area contributed by atoms with Crippen molar-refractivity contribution in [2.75, 3.05) is 6.54 Å². The summed E-state index contributed by atoms with van der Waals surface area (Å²) in [6.07, 6.45) is 8.14. The van der Waals surface area contributed by atoms with Gasteiger partial charge in [-0.3, -0.25) is 4.90 Å². The Morgan fingerprint density at radius 3 is 1.95 bits per heavy atom. The number of hydrogen-bond donors (Lipinski definition) is 0. The predicted molar refractivity (Wildman–Crippen MR) is 93.9 cm³/mol. The lowest BCUT2D eigenvalue weighted by Gasteiger charge is -2.34. The molecule has 0 aromatic heterocycles. The van der Waals surface area contributed by atoms with Gasteiger partial charge < -0.3 is 0 Å². The predicted octanol–water partition coefficient (Wildman–Crippen LogP) is 5.06. The van der Waals surface area contributed by atoms with E-state index in [-0.39, 0.29) is 0 Å². The topological polar surface area (TPSA) is 3.24 Å². The molecule has 3 rings (SSSR count). The summed E-state index contributed by atoms with van der Waals surface area (Å²) < 4.78 is 0. The summed E-state index contributed by atoms with van der Waals surface area (Å²) in [6, 6.07) is 22.6. The minimum atomic E-state index is 0.776. The SMILES string of the molecule is c1ccc(CCN(Cc2ccccc2)C2CCCCC2)cc1. The van der Waals surface area contributed by atoms with Gasteiger partial charge in [0, 0.05) is 19.1 Å². The van der Waals surface area contributed by atoms with Gasteiger partial charge in [-0.25, -0.2) is 0 Å². The molecule has 0 amide bonds. The first-order valence-electron chi connectivity index (χ1n) is 8.74. The van der Waals surface area contributed by atoms with Gasteiger partial charge in [0.2, 0.25) is 0 Å². The van der Waals surface area contributed by atoms with Crippen molar-refractivity contribution < 1.29 is 0 Å². The molecule has 0 saturated heterocycles. The lowest BCUT2D eigenvalue weighted by atomic mass is 9.93. The molecule has 2 aromatic carbocycles. The minimum Gasteiger partial charge on any atom is -0.296 e. The van der Waals surface area contributed by atoms with Crippen LogP contribution in [0.4, 0.5) is 0 Å². The van der Waals surface area contributed by atoms with E-state index < -0.39 is 0 Å². The van der Waals surface area contributed by atoms with Crippen LogP contribution in [0.5, 0.6) is 0 Å². The highest BCUT2D eigenvalue weighted by Crippen LogP contribution is 2.24. The largest absolute Gasteiger partial charge is 0.296 e. The summed E-state index contributed by atoms with van der Waals surface area (Å²) in [4.78, 5) is 2.72. The Hall–Kier alpha value is -1.60. The van der Waals surface area contributed by atoms with Gasteiger partial charge in [-0.2, -0.15) is 0 Å². The molecule has 0 N–H and O–H groups in total. The summed E-state index contributed by atoms with van der Waals surface area (Å²) in [6.45, 7) is 2.27. The zero-order chi connectivity index (χ0) is 15.0. The van der Waals surface area contributed by atoms with Gasteiger partial charge in [-0.1, -0.05) is 79.9 Å². The molecular formula is C21H27N. The number of benzene rings is 2. The molecule has 116 valence electrons. The number of nitrogens with zero attached hydrogens (tertiary/aromatic N) is 1. The first-order chi connectivity index (χ1) is 10.9. The average Bonchev–Trinajstić information content (AvgIpc) is 2.61. The molecule has 1 fully saturated rings. The Labute approximate surface area is 135 Å². The molecular weight excluding hydrogens is 266 g/mol. The molecule has 1 saturated carbocycles. The maximum Gasteiger partial charge on any atom is 0.0236 e. The molecule has 1 heteroatoms. The van der Waals surface area contributed by atoms with E-state index in [1.54, 1.807) is 0 Å². The molecule has 0 atom stereocenters. The van der Waals surface area contributed by atoms with Crippen LogP contribution < -0.4 is 0 Å². The zero-order valence-corrected chi connectivity index (χ0v) is 13.5. The average molecular weight is 293 g/mol. The lowest BCUT2D eigenvalue weighted by molar-refractivity contribution is 0.149. The van der Waals surface area contributed by atoms with E-state index >= 15 is 0 Å². The maximum absolute atomic E-state index is 2.72. The van der Waals surface area contributed by atoms with E-state index in [0.29, 0.717) is 0 Å². The second-order valence-electron chi connectivity index (χ2n) is 6.48. The molecule has 0 bridgehead atoms. The third-order valence-electron chi connectivity index (χ3n) is 4.85. The zero-order valence-electron chi connectivity index (χ0n) is 13.5. The third kappa shape index (κ3) is 4.45. The van der Waals surface area contributed by atoms with E-state index in [9.17, 15) is 0 Å². The van der Waals surface area contributed by atoms with Crippen molar-refractivity contribution in [2.45, 2.75) is 51.1 Å². The van der Waals surface area contributed by atoms with Crippen LogP contribution in [0.15, 0.2) is 60.7 Å². The Kier molecular flexibility index (Phi) is 5.66. The second-order valence-corrected chi connectivity index (χ2v) is 6.48. The molecule has 0 spiro atoms. The van der Waals surface area contributed by atoms with E-state index in [1.165, 1.54) is 49.8 Å². The van der Waals surface area contributed by atoms with Crippen LogP contribution in [-0.4, -0.2) is 17.5 Å². The highest BCUT2D eigenvalue weighted by molar-refractivity contribution is 5.16. The normalized spacial score (nSPS) is 16.0. The van der Waals surface area contributed by atoms with Crippen LogP contribution in [0.25, 0.3) is 0 Å². The summed E-state index contributed by atoms with van der Waals surface area (Å²) in [5, 5.41) is 0.